The number of nitrogens with zero attached hydrogens (tertiary/aromatic N) is 1. The van der Waals surface area contributed by atoms with Crippen LogP contribution in [-0.4, -0.2) is 11.5 Å². The van der Waals surface area contributed by atoms with Gasteiger partial charge in [-0.2, -0.15) is 0 Å². The Bertz CT molecular complexity index is 308. The predicted molar refractivity (Wildman–Crippen MR) is 58.7 cm³/mol. The van der Waals surface area contributed by atoms with Gasteiger partial charge in [-0.15, -0.1) is 11.8 Å². The van der Waals surface area contributed by atoms with E-state index in [1.54, 1.807) is 0 Å². The zero-order valence-electron chi connectivity index (χ0n) is 8.75. The first-order chi connectivity index (χ1) is 6.84. The summed E-state index contributed by atoms with van der Waals surface area (Å²) in [7, 11) is 0. The molecule has 0 radical (unpaired) electrons. The van der Waals surface area contributed by atoms with Crippen molar-refractivity contribution >= 4 is 0 Å². The Morgan fingerprint density at radius 1 is 1.50 bits per heavy atom. The van der Waals surface area contributed by atoms with E-state index in [1.807, 2.05) is 31.3 Å². The monoisotopic (exact) mass is 188 g/mol. The first-order valence-corrected chi connectivity index (χ1v) is 4.88. The molecule has 0 saturated carbocycles. The fourth-order valence-electron chi connectivity index (χ4n) is 1.21. The highest BCUT2D eigenvalue weighted by atomic mass is 14.9. The second-order valence-corrected chi connectivity index (χ2v) is 3.11. The summed E-state index contributed by atoms with van der Waals surface area (Å²) in [4.78, 5) is 4.28. The molecule has 14 heavy (non-hydrogen) atoms. The second-order valence-electron chi connectivity index (χ2n) is 3.11. The minimum Gasteiger partial charge on any atom is -0.308 e. The van der Waals surface area contributed by atoms with E-state index < -0.39 is 0 Å². The maximum atomic E-state index is 4.28. The van der Waals surface area contributed by atoms with Crippen molar-refractivity contribution in [3.05, 3.63) is 30.1 Å². The third-order valence-electron chi connectivity index (χ3n) is 2.01. The lowest BCUT2D eigenvalue weighted by molar-refractivity contribution is 0.570. The van der Waals surface area contributed by atoms with Crippen LogP contribution in [0, 0.1) is 11.8 Å². The number of hydrogen-bond acceptors (Lipinski definition) is 2. The van der Waals surface area contributed by atoms with E-state index >= 15 is 0 Å². The minimum absolute atomic E-state index is 0.301. The molecule has 0 aromatic carbocycles. The van der Waals surface area contributed by atoms with Crippen LogP contribution in [0.25, 0.3) is 0 Å². The van der Waals surface area contributed by atoms with Crippen LogP contribution in [0.1, 0.15) is 32.0 Å². The van der Waals surface area contributed by atoms with Gasteiger partial charge in [-0.25, -0.2) is 0 Å². The van der Waals surface area contributed by atoms with Crippen LogP contribution < -0.4 is 5.32 Å². The smallest absolute Gasteiger partial charge is 0.0570 e. The molecule has 0 fully saturated rings. The average Bonchev–Trinajstić information content (AvgIpc) is 2.25. The molecule has 1 heterocycles. The van der Waals surface area contributed by atoms with Crippen LogP contribution in [-0.2, 0) is 0 Å². The van der Waals surface area contributed by atoms with E-state index in [0.717, 1.165) is 18.7 Å². The molecule has 0 aliphatic carbocycles. The van der Waals surface area contributed by atoms with Gasteiger partial charge < -0.3 is 5.32 Å². The fraction of sp³-hybridized carbons (Fsp3) is 0.417. The summed E-state index contributed by atoms with van der Waals surface area (Å²) in [5, 5.41) is 3.37. The molecule has 1 aromatic heterocycles. The zero-order chi connectivity index (χ0) is 10.2. The molecule has 0 amide bonds. The maximum Gasteiger partial charge on any atom is 0.0570 e. The van der Waals surface area contributed by atoms with Gasteiger partial charge in [0.15, 0.2) is 0 Å². The largest absolute Gasteiger partial charge is 0.308 e. The molecule has 2 nitrogen and oxygen atoms in total. The highest BCUT2D eigenvalue weighted by molar-refractivity contribution is 5.07. The highest BCUT2D eigenvalue weighted by Crippen LogP contribution is 2.06. The molecule has 0 spiro atoms. The summed E-state index contributed by atoms with van der Waals surface area (Å²) in [6.45, 7) is 4.89. The third kappa shape index (κ3) is 3.59. The van der Waals surface area contributed by atoms with Crippen molar-refractivity contribution in [3.8, 4) is 11.8 Å². The first kappa shape index (κ1) is 10.7. The quantitative estimate of drug-likeness (QED) is 0.578. The molecule has 0 aliphatic rings. The molecule has 1 rings (SSSR count). The summed E-state index contributed by atoms with van der Waals surface area (Å²) >= 11 is 0. The van der Waals surface area contributed by atoms with Gasteiger partial charge in [-0.1, -0.05) is 6.07 Å². The van der Waals surface area contributed by atoms with Gasteiger partial charge in [0.1, 0.15) is 0 Å². The lowest BCUT2D eigenvalue weighted by Crippen LogP contribution is -2.20. The van der Waals surface area contributed by atoms with Gasteiger partial charge in [-0.3, -0.25) is 4.98 Å². The zero-order valence-corrected chi connectivity index (χ0v) is 8.75. The molecule has 1 atom stereocenters. The van der Waals surface area contributed by atoms with Gasteiger partial charge >= 0.3 is 0 Å². The molecule has 1 N–H and O–H groups in total. The normalized spacial score (nSPS) is 11.6. The van der Waals surface area contributed by atoms with Crippen molar-refractivity contribution < 1.29 is 0 Å². The second kappa shape index (κ2) is 6.17. The average molecular weight is 188 g/mol. The lowest BCUT2D eigenvalue weighted by atomic mass is 10.2. The topological polar surface area (TPSA) is 24.9 Å². The van der Waals surface area contributed by atoms with Gasteiger partial charge in [0.05, 0.1) is 5.69 Å². The molecular formula is C12H16N2. The summed E-state index contributed by atoms with van der Waals surface area (Å²) in [5.41, 5.74) is 1.08. The molecule has 0 aliphatic heterocycles. The Hall–Kier alpha value is -1.33. The molecule has 0 unspecified atom stereocenters. The molecular weight excluding hydrogens is 172 g/mol. The van der Waals surface area contributed by atoms with Crippen LogP contribution in [0.5, 0.6) is 0 Å². The van der Waals surface area contributed by atoms with E-state index in [9.17, 15) is 0 Å². The van der Waals surface area contributed by atoms with Crippen molar-refractivity contribution in [2.24, 2.45) is 0 Å². The highest BCUT2D eigenvalue weighted by Gasteiger charge is 2.03. The molecule has 74 valence electrons. The fourth-order valence-corrected chi connectivity index (χ4v) is 1.21. The molecule has 1 aromatic rings. The van der Waals surface area contributed by atoms with E-state index in [0.29, 0.717) is 6.04 Å². The molecule has 2 heteroatoms. The number of pyridine rings is 1. The van der Waals surface area contributed by atoms with Gasteiger partial charge in [0.2, 0.25) is 0 Å². The number of aromatic nitrogens is 1. The van der Waals surface area contributed by atoms with E-state index in [2.05, 4.69) is 29.1 Å². The molecule has 0 saturated heterocycles. The van der Waals surface area contributed by atoms with Gasteiger partial charge in [0, 0.05) is 25.2 Å². The van der Waals surface area contributed by atoms with Crippen LogP contribution in [0.2, 0.25) is 0 Å². The Labute approximate surface area is 85.8 Å². The van der Waals surface area contributed by atoms with E-state index in [-0.39, 0.29) is 0 Å². The standard InChI is InChI=1S/C12H16N2/c1-3-4-6-9-13-11(2)12-8-5-7-10-14-12/h5,7-8,10-11,13H,6,9H2,1-2H3/t11-/m1/s1. The minimum atomic E-state index is 0.301. The van der Waals surface area contributed by atoms with Crippen LogP contribution >= 0.6 is 0 Å². The Morgan fingerprint density at radius 2 is 2.36 bits per heavy atom. The van der Waals surface area contributed by atoms with E-state index in [4.69, 9.17) is 0 Å². The van der Waals surface area contributed by atoms with Crippen molar-refractivity contribution in [1.82, 2.24) is 10.3 Å². The van der Waals surface area contributed by atoms with Crippen LogP contribution in [0.3, 0.4) is 0 Å². The summed E-state index contributed by atoms with van der Waals surface area (Å²) in [6.07, 6.45) is 2.72. The van der Waals surface area contributed by atoms with Crippen LogP contribution in [0.4, 0.5) is 0 Å². The predicted octanol–water partition coefficient (Wildman–Crippen LogP) is 2.15. The summed E-state index contributed by atoms with van der Waals surface area (Å²) in [6, 6.07) is 6.27. The summed E-state index contributed by atoms with van der Waals surface area (Å²) in [5.74, 6) is 5.90. The van der Waals surface area contributed by atoms with Crippen molar-refractivity contribution in [3.63, 3.8) is 0 Å². The Kier molecular flexibility index (Phi) is 4.74. The number of hydrogen-bond donors (Lipinski definition) is 1. The molecule has 0 bridgehead atoms. The van der Waals surface area contributed by atoms with Crippen molar-refractivity contribution in [1.29, 1.82) is 0 Å². The lowest BCUT2D eigenvalue weighted by Gasteiger charge is -2.11. The summed E-state index contributed by atoms with van der Waals surface area (Å²) < 4.78 is 0. The number of rotatable bonds is 4. The maximum absolute atomic E-state index is 4.28. The van der Waals surface area contributed by atoms with Crippen molar-refractivity contribution in [2.45, 2.75) is 26.3 Å². The third-order valence-corrected chi connectivity index (χ3v) is 2.01. The SMILES string of the molecule is CC#CCCN[C@H](C)c1ccccn1. The van der Waals surface area contributed by atoms with E-state index in [1.165, 1.54) is 0 Å². The first-order valence-electron chi connectivity index (χ1n) is 4.88. The Balaban J connectivity index is 2.34. The van der Waals surface area contributed by atoms with Gasteiger partial charge in [0.25, 0.3) is 0 Å². The Morgan fingerprint density at radius 3 is 3.00 bits per heavy atom. The van der Waals surface area contributed by atoms with Crippen molar-refractivity contribution in [2.75, 3.05) is 6.54 Å². The van der Waals surface area contributed by atoms with Gasteiger partial charge in [-0.05, 0) is 26.0 Å². The van der Waals surface area contributed by atoms with Crippen LogP contribution in [0.15, 0.2) is 24.4 Å². The number of nitrogens with one attached hydrogen (secondary N) is 1.